The van der Waals surface area contributed by atoms with Crippen molar-refractivity contribution in [2.45, 2.75) is 13.3 Å². The average molecular weight is 210 g/mol. The van der Waals surface area contributed by atoms with Gasteiger partial charge in [-0.3, -0.25) is 15.2 Å². The molecule has 0 radical (unpaired) electrons. The van der Waals surface area contributed by atoms with E-state index in [9.17, 15) is 4.79 Å². The highest BCUT2D eigenvalue weighted by atomic mass is 16.2. The van der Waals surface area contributed by atoms with Crippen LogP contribution in [0.2, 0.25) is 0 Å². The van der Waals surface area contributed by atoms with Gasteiger partial charge in [0, 0.05) is 26.8 Å². The van der Waals surface area contributed by atoms with E-state index in [0.717, 1.165) is 18.5 Å². The summed E-state index contributed by atoms with van der Waals surface area (Å²) in [4.78, 5) is 11.8. The first-order valence-electron chi connectivity index (χ1n) is 4.90. The maximum absolute atomic E-state index is 11.8. The third-order valence-corrected chi connectivity index (χ3v) is 2.46. The number of hydrogen-bond acceptors (Lipinski definition) is 4. The summed E-state index contributed by atoms with van der Waals surface area (Å²) in [6.45, 7) is 6.41. The Hall–Kier alpha value is -1.49. The monoisotopic (exact) mass is 210 g/mol. The third-order valence-electron chi connectivity index (χ3n) is 2.46. The van der Waals surface area contributed by atoms with E-state index in [2.05, 4.69) is 17.3 Å². The summed E-state index contributed by atoms with van der Waals surface area (Å²) in [6.07, 6.45) is 2.55. The number of amides is 1. The molecule has 0 aromatic carbocycles. The van der Waals surface area contributed by atoms with E-state index in [1.165, 1.54) is 0 Å². The Kier molecular flexibility index (Phi) is 3.74. The normalized spacial score (nSPS) is 15.2. The number of rotatable bonds is 4. The lowest BCUT2D eigenvalue weighted by molar-refractivity contribution is -0.127. The van der Waals surface area contributed by atoms with Gasteiger partial charge in [-0.2, -0.15) is 0 Å². The van der Waals surface area contributed by atoms with E-state index in [4.69, 9.17) is 0 Å². The lowest BCUT2D eigenvalue weighted by atomic mass is 10.2. The van der Waals surface area contributed by atoms with Crippen molar-refractivity contribution in [2.75, 3.05) is 20.6 Å². The van der Waals surface area contributed by atoms with Gasteiger partial charge >= 0.3 is 0 Å². The Bertz CT molecular complexity index is 298. The van der Waals surface area contributed by atoms with Crippen molar-refractivity contribution >= 4 is 5.91 Å². The Labute approximate surface area is 90.4 Å². The summed E-state index contributed by atoms with van der Waals surface area (Å²) in [6, 6.07) is 0. The molecule has 0 unspecified atom stereocenters. The predicted molar refractivity (Wildman–Crippen MR) is 59.2 cm³/mol. The van der Waals surface area contributed by atoms with Gasteiger partial charge in [-0.15, -0.1) is 5.12 Å². The second-order valence-corrected chi connectivity index (χ2v) is 3.55. The van der Waals surface area contributed by atoms with E-state index >= 15 is 0 Å². The van der Waals surface area contributed by atoms with Crippen molar-refractivity contribution in [2.24, 2.45) is 0 Å². The van der Waals surface area contributed by atoms with Gasteiger partial charge in [0.05, 0.1) is 0 Å². The quantitative estimate of drug-likeness (QED) is 0.651. The summed E-state index contributed by atoms with van der Waals surface area (Å²) < 4.78 is 0. The van der Waals surface area contributed by atoms with Gasteiger partial charge in [0.15, 0.2) is 0 Å². The molecule has 84 valence electrons. The van der Waals surface area contributed by atoms with Crippen molar-refractivity contribution in [1.29, 1.82) is 0 Å². The predicted octanol–water partition coefficient (Wildman–Crippen LogP) is 0.207. The SMILES string of the molecule is C=CN(C)N(C)NC(=O)C1=C(C)CCN1. The van der Waals surface area contributed by atoms with Gasteiger partial charge in [0.2, 0.25) is 0 Å². The summed E-state index contributed by atoms with van der Waals surface area (Å²) in [5.41, 5.74) is 4.51. The second kappa shape index (κ2) is 4.84. The molecular formula is C10H18N4O. The minimum Gasteiger partial charge on any atom is -0.380 e. The number of carbonyl (C=O) groups is 1. The van der Waals surface area contributed by atoms with Crippen LogP contribution in [0.1, 0.15) is 13.3 Å². The van der Waals surface area contributed by atoms with Crippen LogP contribution < -0.4 is 10.7 Å². The molecule has 2 N–H and O–H groups in total. The smallest absolute Gasteiger partial charge is 0.282 e. The Morgan fingerprint density at radius 1 is 1.60 bits per heavy atom. The second-order valence-electron chi connectivity index (χ2n) is 3.55. The van der Waals surface area contributed by atoms with Crippen molar-refractivity contribution in [1.82, 2.24) is 20.9 Å². The molecule has 0 spiro atoms. The summed E-state index contributed by atoms with van der Waals surface area (Å²) in [5.74, 6) is -0.110. The highest BCUT2D eigenvalue weighted by molar-refractivity contribution is 5.93. The number of hydrogen-bond donors (Lipinski definition) is 2. The van der Waals surface area contributed by atoms with Crippen LogP contribution in [0.5, 0.6) is 0 Å². The summed E-state index contributed by atoms with van der Waals surface area (Å²) in [7, 11) is 3.56. The first-order chi connectivity index (χ1) is 7.06. The molecule has 0 bridgehead atoms. The van der Waals surface area contributed by atoms with Crippen LogP contribution in [0.15, 0.2) is 24.0 Å². The molecule has 15 heavy (non-hydrogen) atoms. The zero-order chi connectivity index (χ0) is 11.4. The van der Waals surface area contributed by atoms with E-state index < -0.39 is 0 Å². The van der Waals surface area contributed by atoms with Crippen molar-refractivity contribution in [3.8, 4) is 0 Å². The molecule has 1 aliphatic heterocycles. The van der Waals surface area contributed by atoms with E-state index in [0.29, 0.717) is 5.70 Å². The summed E-state index contributed by atoms with van der Waals surface area (Å²) >= 11 is 0. The molecule has 1 aliphatic rings. The highest BCUT2D eigenvalue weighted by Gasteiger charge is 2.18. The topological polar surface area (TPSA) is 47.6 Å². The lowest BCUT2D eigenvalue weighted by Gasteiger charge is -2.26. The molecule has 0 saturated heterocycles. The van der Waals surface area contributed by atoms with Crippen molar-refractivity contribution < 1.29 is 4.79 Å². The van der Waals surface area contributed by atoms with Crippen molar-refractivity contribution in [3.63, 3.8) is 0 Å². The lowest BCUT2D eigenvalue weighted by Crippen LogP contribution is -2.48. The summed E-state index contributed by atoms with van der Waals surface area (Å²) in [5, 5.41) is 6.33. The van der Waals surface area contributed by atoms with Gasteiger partial charge < -0.3 is 5.32 Å². The number of nitrogens with one attached hydrogen (secondary N) is 2. The minimum absolute atomic E-state index is 0.110. The van der Waals surface area contributed by atoms with E-state index in [1.807, 2.05) is 6.92 Å². The molecule has 5 heteroatoms. The molecule has 1 rings (SSSR count). The van der Waals surface area contributed by atoms with Crippen LogP contribution in [0.25, 0.3) is 0 Å². The van der Waals surface area contributed by atoms with Crippen LogP contribution >= 0.6 is 0 Å². The Balaban J connectivity index is 2.56. The molecule has 0 atom stereocenters. The van der Waals surface area contributed by atoms with Crippen LogP contribution in [0.3, 0.4) is 0 Å². The largest absolute Gasteiger partial charge is 0.380 e. The third kappa shape index (κ3) is 2.73. The molecule has 5 nitrogen and oxygen atoms in total. The van der Waals surface area contributed by atoms with Gasteiger partial charge in [-0.05, 0) is 18.9 Å². The zero-order valence-electron chi connectivity index (χ0n) is 9.50. The van der Waals surface area contributed by atoms with Crippen LogP contribution in [-0.2, 0) is 4.79 Å². The molecule has 0 aliphatic carbocycles. The first-order valence-corrected chi connectivity index (χ1v) is 4.90. The van der Waals surface area contributed by atoms with Gasteiger partial charge in [0.25, 0.3) is 5.91 Å². The maximum atomic E-state index is 11.8. The number of nitrogens with zero attached hydrogens (tertiary/aromatic N) is 2. The molecule has 1 heterocycles. The average Bonchev–Trinajstić information content (AvgIpc) is 2.63. The fraction of sp³-hybridized carbons (Fsp3) is 0.500. The fourth-order valence-corrected chi connectivity index (χ4v) is 1.33. The maximum Gasteiger partial charge on any atom is 0.282 e. The first kappa shape index (κ1) is 11.6. The fourth-order valence-electron chi connectivity index (χ4n) is 1.33. The van der Waals surface area contributed by atoms with Gasteiger partial charge in [0.1, 0.15) is 5.70 Å². The molecular weight excluding hydrogens is 192 g/mol. The Morgan fingerprint density at radius 2 is 2.27 bits per heavy atom. The van der Waals surface area contributed by atoms with Crippen LogP contribution in [0.4, 0.5) is 0 Å². The van der Waals surface area contributed by atoms with E-state index in [-0.39, 0.29) is 5.91 Å². The zero-order valence-corrected chi connectivity index (χ0v) is 9.50. The van der Waals surface area contributed by atoms with Crippen molar-refractivity contribution in [3.05, 3.63) is 24.0 Å². The van der Waals surface area contributed by atoms with E-state index in [1.54, 1.807) is 30.4 Å². The molecule has 1 amide bonds. The standard InChI is InChI=1S/C10H18N4O/c1-5-13(3)14(4)12-10(15)9-8(2)6-7-11-9/h5,11H,1,6-7H2,2-4H3,(H,12,15). The number of carbonyl (C=O) groups excluding carboxylic acids is 1. The van der Waals surface area contributed by atoms with Gasteiger partial charge in [-0.25, -0.2) is 0 Å². The highest BCUT2D eigenvalue weighted by Crippen LogP contribution is 2.11. The molecule has 0 saturated carbocycles. The molecule has 0 aromatic heterocycles. The van der Waals surface area contributed by atoms with Gasteiger partial charge in [-0.1, -0.05) is 6.58 Å². The van der Waals surface area contributed by atoms with Crippen LogP contribution in [0, 0.1) is 0 Å². The molecule has 0 aromatic rings. The van der Waals surface area contributed by atoms with Crippen LogP contribution in [-0.4, -0.2) is 36.7 Å². The number of hydrazine groups is 2. The minimum atomic E-state index is -0.110. The Morgan fingerprint density at radius 3 is 2.73 bits per heavy atom. The molecule has 0 fully saturated rings.